The Labute approximate surface area is 191 Å². The van der Waals surface area contributed by atoms with Gasteiger partial charge in [0.15, 0.2) is 0 Å². The van der Waals surface area contributed by atoms with Gasteiger partial charge in [-0.3, -0.25) is 4.79 Å². The molecular weight excluding hydrogens is 406 g/mol. The van der Waals surface area contributed by atoms with Crippen molar-refractivity contribution in [3.05, 3.63) is 70.8 Å². The number of aliphatic carboxylic acids is 1. The minimum Gasteiger partial charge on any atom is -0.481 e. The number of carboxylic acids is 1. The zero-order valence-corrected chi connectivity index (χ0v) is 19.2. The van der Waals surface area contributed by atoms with E-state index >= 15 is 4.39 Å². The van der Waals surface area contributed by atoms with Gasteiger partial charge in [0.25, 0.3) is 0 Å². The second-order valence-corrected chi connectivity index (χ2v) is 9.47. The van der Waals surface area contributed by atoms with E-state index in [1.807, 2.05) is 6.07 Å². The van der Waals surface area contributed by atoms with Crippen LogP contribution in [0.15, 0.2) is 42.5 Å². The van der Waals surface area contributed by atoms with Crippen molar-refractivity contribution in [3.63, 3.8) is 0 Å². The summed E-state index contributed by atoms with van der Waals surface area (Å²) < 4.78 is 28.2. The van der Waals surface area contributed by atoms with Gasteiger partial charge in [-0.25, -0.2) is 8.78 Å². The topological polar surface area (TPSA) is 37.3 Å². The Kier molecular flexibility index (Phi) is 8.84. The fourth-order valence-electron chi connectivity index (χ4n) is 5.14. The number of carbonyl (C=O) groups is 1. The zero-order chi connectivity index (χ0) is 23.0. The molecule has 2 aromatic carbocycles. The smallest absolute Gasteiger partial charge is 0.314 e. The second kappa shape index (κ2) is 11.6. The lowest BCUT2D eigenvalue weighted by Gasteiger charge is -2.37. The summed E-state index contributed by atoms with van der Waals surface area (Å²) in [6, 6.07) is 11.4. The molecule has 0 aromatic heterocycles. The Morgan fingerprint density at radius 3 is 2.19 bits per heavy atom. The Bertz CT molecular complexity index is 868. The predicted octanol–water partition coefficient (Wildman–Crippen LogP) is 7.62. The average Bonchev–Trinajstić information content (AvgIpc) is 2.79. The second-order valence-electron chi connectivity index (χ2n) is 9.47. The number of hydrogen-bond acceptors (Lipinski definition) is 1. The third-order valence-electron chi connectivity index (χ3n) is 7.25. The van der Waals surface area contributed by atoms with Crippen LogP contribution in [-0.4, -0.2) is 11.1 Å². The highest BCUT2D eigenvalue weighted by Gasteiger charge is 2.44. The van der Waals surface area contributed by atoms with Crippen molar-refractivity contribution < 1.29 is 18.7 Å². The molecular formula is C28H36F2O2. The molecule has 2 aromatic rings. The van der Waals surface area contributed by atoms with Crippen LogP contribution in [0.2, 0.25) is 0 Å². The summed E-state index contributed by atoms with van der Waals surface area (Å²) in [6.07, 6.45) is 11.5. The molecule has 1 aliphatic rings. The summed E-state index contributed by atoms with van der Waals surface area (Å²) >= 11 is 0. The van der Waals surface area contributed by atoms with Gasteiger partial charge in [-0.15, -0.1) is 0 Å². The molecule has 4 heteroatoms. The van der Waals surface area contributed by atoms with E-state index in [1.54, 1.807) is 18.2 Å². The highest BCUT2D eigenvalue weighted by atomic mass is 19.1. The molecule has 0 atom stereocenters. The number of rotatable bonds is 11. The molecule has 2 nitrogen and oxygen atoms in total. The van der Waals surface area contributed by atoms with Crippen molar-refractivity contribution >= 4 is 5.97 Å². The molecule has 3 rings (SSSR count). The van der Waals surface area contributed by atoms with E-state index in [1.165, 1.54) is 50.3 Å². The molecule has 32 heavy (non-hydrogen) atoms. The number of aryl methyl sites for hydroxylation is 2. The van der Waals surface area contributed by atoms with Crippen LogP contribution in [0.3, 0.4) is 0 Å². The van der Waals surface area contributed by atoms with Gasteiger partial charge in [0.05, 0.1) is 5.41 Å². The molecule has 174 valence electrons. The first kappa shape index (κ1) is 24.4. The molecule has 0 aliphatic heterocycles. The van der Waals surface area contributed by atoms with Crippen molar-refractivity contribution in [2.45, 2.75) is 89.4 Å². The van der Waals surface area contributed by atoms with Crippen molar-refractivity contribution in [3.8, 4) is 0 Å². The van der Waals surface area contributed by atoms with Crippen LogP contribution in [0, 0.1) is 17.6 Å². The molecule has 1 saturated carbocycles. The van der Waals surface area contributed by atoms with E-state index in [0.29, 0.717) is 37.2 Å². The highest BCUT2D eigenvalue weighted by molar-refractivity contribution is 5.81. The predicted molar refractivity (Wildman–Crippen MR) is 125 cm³/mol. The van der Waals surface area contributed by atoms with Crippen LogP contribution in [0.4, 0.5) is 8.78 Å². The molecule has 0 spiro atoms. The van der Waals surface area contributed by atoms with Gasteiger partial charge in [-0.2, -0.15) is 0 Å². The zero-order valence-electron chi connectivity index (χ0n) is 19.2. The van der Waals surface area contributed by atoms with E-state index in [0.717, 1.165) is 30.4 Å². The SMILES string of the molecule is CCCCCCCC1CCC(C(=O)O)(c2ccc(CCc3ccc(F)cc3)cc2F)CC1. The first-order valence-corrected chi connectivity index (χ1v) is 12.2. The lowest BCUT2D eigenvalue weighted by atomic mass is 9.65. The molecule has 0 bridgehead atoms. The number of hydrogen-bond donors (Lipinski definition) is 1. The number of benzene rings is 2. The minimum absolute atomic E-state index is 0.269. The molecule has 0 heterocycles. The van der Waals surface area contributed by atoms with Crippen molar-refractivity contribution in [1.82, 2.24) is 0 Å². The summed E-state index contributed by atoms with van der Waals surface area (Å²) in [5.41, 5.74) is 1.04. The largest absolute Gasteiger partial charge is 0.481 e. The van der Waals surface area contributed by atoms with Gasteiger partial charge in [0.2, 0.25) is 0 Å². The van der Waals surface area contributed by atoms with Gasteiger partial charge in [0, 0.05) is 5.56 Å². The van der Waals surface area contributed by atoms with Crippen molar-refractivity contribution in [2.75, 3.05) is 0 Å². The van der Waals surface area contributed by atoms with Gasteiger partial charge >= 0.3 is 5.97 Å². The molecule has 0 unspecified atom stereocenters. The average molecular weight is 443 g/mol. The molecule has 0 radical (unpaired) electrons. The van der Waals surface area contributed by atoms with E-state index in [4.69, 9.17) is 0 Å². The molecule has 1 N–H and O–H groups in total. The Morgan fingerprint density at radius 2 is 1.56 bits per heavy atom. The first-order valence-electron chi connectivity index (χ1n) is 12.2. The van der Waals surface area contributed by atoms with Gasteiger partial charge in [-0.05, 0) is 73.8 Å². The van der Waals surface area contributed by atoms with Crippen LogP contribution in [0.1, 0.15) is 87.8 Å². The third kappa shape index (κ3) is 6.17. The van der Waals surface area contributed by atoms with E-state index < -0.39 is 17.2 Å². The molecule has 0 amide bonds. The standard InChI is InChI=1S/C28H36F2O2/c1-2-3-4-5-6-7-21-16-18-28(19-17-21,27(31)32)25-15-12-23(20-26(25)30)9-8-22-10-13-24(29)14-11-22/h10-15,20-21H,2-9,16-19H2,1H3,(H,31,32). The lowest BCUT2D eigenvalue weighted by Crippen LogP contribution is -2.40. The fourth-order valence-corrected chi connectivity index (χ4v) is 5.14. The number of halogens is 2. The lowest BCUT2D eigenvalue weighted by molar-refractivity contribution is -0.145. The first-order chi connectivity index (χ1) is 15.4. The Hall–Kier alpha value is -2.23. The summed E-state index contributed by atoms with van der Waals surface area (Å²) in [4.78, 5) is 12.3. The molecule has 1 fully saturated rings. The van der Waals surface area contributed by atoms with Crippen LogP contribution in [0.5, 0.6) is 0 Å². The van der Waals surface area contributed by atoms with E-state index in [-0.39, 0.29) is 5.82 Å². The summed E-state index contributed by atoms with van der Waals surface area (Å²) in [6.45, 7) is 2.21. The number of unbranched alkanes of at least 4 members (excludes halogenated alkanes) is 4. The van der Waals surface area contributed by atoms with Gasteiger partial charge in [0.1, 0.15) is 11.6 Å². The maximum atomic E-state index is 15.1. The van der Waals surface area contributed by atoms with E-state index in [9.17, 15) is 14.3 Å². The van der Waals surface area contributed by atoms with Crippen LogP contribution in [0.25, 0.3) is 0 Å². The van der Waals surface area contributed by atoms with E-state index in [2.05, 4.69) is 6.92 Å². The maximum Gasteiger partial charge on any atom is 0.314 e. The quantitative estimate of drug-likeness (QED) is 0.363. The van der Waals surface area contributed by atoms with Gasteiger partial charge < -0.3 is 5.11 Å². The monoisotopic (exact) mass is 442 g/mol. The van der Waals surface area contributed by atoms with Crippen LogP contribution >= 0.6 is 0 Å². The fraction of sp³-hybridized carbons (Fsp3) is 0.536. The van der Waals surface area contributed by atoms with Crippen molar-refractivity contribution in [2.24, 2.45) is 5.92 Å². The van der Waals surface area contributed by atoms with Crippen LogP contribution in [-0.2, 0) is 23.1 Å². The molecule has 0 saturated heterocycles. The van der Waals surface area contributed by atoms with Gasteiger partial charge in [-0.1, -0.05) is 69.7 Å². The number of carboxylic acid groups (broad SMARTS) is 1. The van der Waals surface area contributed by atoms with Crippen molar-refractivity contribution in [1.29, 1.82) is 0 Å². The molecule has 1 aliphatic carbocycles. The highest BCUT2D eigenvalue weighted by Crippen LogP contribution is 2.44. The normalized spacial score (nSPS) is 20.9. The summed E-state index contributed by atoms with van der Waals surface area (Å²) in [5.74, 6) is -1.03. The third-order valence-corrected chi connectivity index (χ3v) is 7.25. The maximum absolute atomic E-state index is 15.1. The Morgan fingerprint density at radius 1 is 0.938 bits per heavy atom. The minimum atomic E-state index is -1.11. The Balaban J connectivity index is 1.61. The van der Waals surface area contributed by atoms with Crippen LogP contribution < -0.4 is 0 Å². The summed E-state index contributed by atoms with van der Waals surface area (Å²) in [5, 5.41) is 10.1. The summed E-state index contributed by atoms with van der Waals surface area (Å²) in [7, 11) is 0.